The van der Waals surface area contributed by atoms with Crippen LogP contribution in [0.2, 0.25) is 0 Å². The number of nitrogen functional groups attached to an aromatic ring is 1. The van der Waals surface area contributed by atoms with Crippen molar-refractivity contribution in [2.45, 2.75) is 13.3 Å². The van der Waals surface area contributed by atoms with Gasteiger partial charge in [-0.1, -0.05) is 19.1 Å². The number of hydrogen-bond donors (Lipinski definition) is 2. The van der Waals surface area contributed by atoms with Crippen molar-refractivity contribution >= 4 is 12.0 Å². The molecular weight excluding hydrogens is 257 g/mol. The van der Waals surface area contributed by atoms with Crippen molar-refractivity contribution in [3.05, 3.63) is 41.5 Å². The lowest BCUT2D eigenvalue weighted by Gasteiger charge is -2.03. The molecule has 102 valence electrons. The minimum atomic E-state index is -0.314. The van der Waals surface area contributed by atoms with Crippen LogP contribution in [0, 0.1) is 17.1 Å². The molecule has 0 spiro atoms. The van der Waals surface area contributed by atoms with E-state index in [1.165, 1.54) is 23.0 Å². The molecule has 0 radical (unpaired) electrons. The number of nitrogens with two attached hydrogens (primary N) is 2. The molecule has 0 bridgehead atoms. The smallest absolute Gasteiger partial charge is 0.134 e. The first kappa shape index (κ1) is 13.6. The number of hydrogen-bond acceptors (Lipinski definition) is 4. The van der Waals surface area contributed by atoms with E-state index in [1.807, 2.05) is 13.0 Å². The summed E-state index contributed by atoms with van der Waals surface area (Å²) in [6.07, 6.45) is 2.02. The van der Waals surface area contributed by atoms with E-state index in [0.29, 0.717) is 12.2 Å². The second-order valence-corrected chi connectivity index (χ2v) is 4.21. The van der Waals surface area contributed by atoms with Crippen molar-refractivity contribution in [1.82, 2.24) is 9.78 Å². The molecule has 6 heteroatoms. The highest BCUT2D eigenvalue weighted by Crippen LogP contribution is 2.30. The van der Waals surface area contributed by atoms with E-state index in [1.54, 1.807) is 12.1 Å². The van der Waals surface area contributed by atoms with Gasteiger partial charge in [-0.05, 0) is 24.1 Å². The summed E-state index contributed by atoms with van der Waals surface area (Å²) in [6.45, 7) is 1.94. The highest BCUT2D eigenvalue weighted by molar-refractivity contribution is 5.78. The third-order valence-electron chi connectivity index (χ3n) is 2.88. The van der Waals surface area contributed by atoms with E-state index in [-0.39, 0.29) is 11.5 Å². The topological polar surface area (TPSA) is 93.6 Å². The van der Waals surface area contributed by atoms with Crippen LogP contribution in [0.3, 0.4) is 0 Å². The molecule has 20 heavy (non-hydrogen) atoms. The van der Waals surface area contributed by atoms with Gasteiger partial charge in [0.15, 0.2) is 0 Å². The first-order valence-electron chi connectivity index (χ1n) is 6.07. The molecule has 0 aliphatic rings. The molecule has 0 amide bonds. The monoisotopic (exact) mass is 271 g/mol. The van der Waals surface area contributed by atoms with Crippen LogP contribution >= 0.6 is 0 Å². The Hall–Kier alpha value is -2.81. The number of allylic oxidation sites excluding steroid dienone is 1. The Labute approximate surface area is 115 Å². The van der Waals surface area contributed by atoms with Gasteiger partial charge in [0.1, 0.15) is 23.4 Å². The van der Waals surface area contributed by atoms with Crippen LogP contribution in [0.4, 0.5) is 10.2 Å². The predicted molar refractivity (Wildman–Crippen MR) is 75.5 cm³/mol. The lowest BCUT2D eigenvalue weighted by molar-refractivity contribution is 0.628. The van der Waals surface area contributed by atoms with E-state index in [9.17, 15) is 4.39 Å². The van der Waals surface area contributed by atoms with Crippen LogP contribution < -0.4 is 11.5 Å². The number of halogens is 1. The first-order chi connectivity index (χ1) is 9.56. The SMILES string of the molecule is CCc1nn(/C=C(\N)C#N)c(N)c1-c1ccc(F)cc1. The zero-order valence-corrected chi connectivity index (χ0v) is 11.0. The zero-order valence-electron chi connectivity index (χ0n) is 11.0. The van der Waals surface area contributed by atoms with Gasteiger partial charge in [-0.3, -0.25) is 0 Å². The van der Waals surface area contributed by atoms with Crippen LogP contribution in [0.1, 0.15) is 12.6 Å². The fraction of sp³-hybridized carbons (Fsp3) is 0.143. The van der Waals surface area contributed by atoms with Gasteiger partial charge in [-0.15, -0.1) is 0 Å². The van der Waals surface area contributed by atoms with Crippen LogP contribution in [-0.2, 0) is 6.42 Å². The summed E-state index contributed by atoms with van der Waals surface area (Å²) in [5.74, 6) is 0.0537. The third kappa shape index (κ3) is 2.47. The summed E-state index contributed by atoms with van der Waals surface area (Å²) in [5.41, 5.74) is 13.8. The summed E-state index contributed by atoms with van der Waals surface area (Å²) in [4.78, 5) is 0. The van der Waals surface area contributed by atoms with Crippen LogP contribution in [0.5, 0.6) is 0 Å². The lowest BCUT2D eigenvalue weighted by Crippen LogP contribution is -2.02. The molecule has 1 aromatic heterocycles. The van der Waals surface area contributed by atoms with E-state index in [2.05, 4.69) is 5.10 Å². The maximum absolute atomic E-state index is 13.0. The molecule has 0 fully saturated rings. The Morgan fingerprint density at radius 1 is 1.45 bits per heavy atom. The van der Waals surface area contributed by atoms with Gasteiger partial charge in [-0.25, -0.2) is 9.07 Å². The molecule has 2 aromatic rings. The fourth-order valence-corrected chi connectivity index (χ4v) is 1.93. The number of nitrogens with zero attached hydrogens (tertiary/aromatic N) is 3. The van der Waals surface area contributed by atoms with Gasteiger partial charge in [0.05, 0.1) is 11.9 Å². The molecule has 0 unspecified atom stereocenters. The summed E-state index contributed by atoms with van der Waals surface area (Å²) in [6, 6.07) is 7.82. The minimum absolute atomic E-state index is 0.00695. The average Bonchev–Trinajstić information content (AvgIpc) is 2.76. The number of nitriles is 1. The second kappa shape index (κ2) is 5.45. The summed E-state index contributed by atoms with van der Waals surface area (Å²) in [5, 5.41) is 13.0. The Balaban J connectivity index is 2.59. The molecule has 0 atom stereocenters. The quantitative estimate of drug-likeness (QED) is 0.836. The summed E-state index contributed by atoms with van der Waals surface area (Å²) >= 11 is 0. The molecule has 2 rings (SSSR count). The summed E-state index contributed by atoms with van der Waals surface area (Å²) in [7, 11) is 0. The van der Waals surface area contributed by atoms with Gasteiger partial charge in [0, 0.05) is 5.56 Å². The van der Waals surface area contributed by atoms with E-state index in [0.717, 1.165) is 16.8 Å². The second-order valence-electron chi connectivity index (χ2n) is 4.21. The molecule has 0 saturated heterocycles. The van der Waals surface area contributed by atoms with E-state index in [4.69, 9.17) is 16.7 Å². The van der Waals surface area contributed by atoms with Crippen molar-refractivity contribution < 1.29 is 4.39 Å². The standard InChI is InChI=1S/C14H14FN5/c1-2-12-13(9-3-5-10(15)6-4-9)14(18)20(19-12)8-11(17)7-16/h3-6,8H,2,17-18H2,1H3/b11-8-. The third-order valence-corrected chi connectivity index (χ3v) is 2.88. The van der Waals surface area contributed by atoms with Gasteiger partial charge in [0.25, 0.3) is 0 Å². The molecule has 0 aliphatic heterocycles. The van der Waals surface area contributed by atoms with Gasteiger partial charge < -0.3 is 11.5 Å². The van der Waals surface area contributed by atoms with E-state index >= 15 is 0 Å². The molecule has 4 N–H and O–H groups in total. The highest BCUT2D eigenvalue weighted by atomic mass is 19.1. The maximum atomic E-state index is 13.0. The Bertz CT molecular complexity index is 692. The normalized spacial score (nSPS) is 11.3. The average molecular weight is 271 g/mol. The maximum Gasteiger partial charge on any atom is 0.134 e. The van der Waals surface area contributed by atoms with Crippen molar-refractivity contribution in [3.8, 4) is 17.2 Å². The number of benzene rings is 1. The fourth-order valence-electron chi connectivity index (χ4n) is 1.93. The number of aromatic nitrogens is 2. The van der Waals surface area contributed by atoms with Crippen LogP contribution in [0.25, 0.3) is 17.3 Å². The van der Waals surface area contributed by atoms with Crippen molar-refractivity contribution in [1.29, 1.82) is 5.26 Å². The van der Waals surface area contributed by atoms with Gasteiger partial charge >= 0.3 is 0 Å². The van der Waals surface area contributed by atoms with Crippen LogP contribution in [0.15, 0.2) is 30.0 Å². The minimum Gasteiger partial charge on any atom is -0.389 e. The molecule has 1 heterocycles. The molecular formula is C14H14FN5. The predicted octanol–water partition coefficient (Wildman–Crippen LogP) is 2.11. The lowest BCUT2D eigenvalue weighted by atomic mass is 10.0. The first-order valence-corrected chi connectivity index (χ1v) is 6.07. The Morgan fingerprint density at radius 3 is 2.65 bits per heavy atom. The summed E-state index contributed by atoms with van der Waals surface area (Å²) < 4.78 is 14.4. The number of aryl methyl sites for hydroxylation is 1. The molecule has 1 aromatic carbocycles. The van der Waals surface area contributed by atoms with Crippen molar-refractivity contribution in [2.75, 3.05) is 5.73 Å². The number of rotatable bonds is 3. The molecule has 5 nitrogen and oxygen atoms in total. The molecule has 0 aliphatic carbocycles. The van der Waals surface area contributed by atoms with Crippen molar-refractivity contribution in [2.24, 2.45) is 5.73 Å². The zero-order chi connectivity index (χ0) is 14.7. The van der Waals surface area contributed by atoms with Gasteiger partial charge in [0.2, 0.25) is 0 Å². The largest absolute Gasteiger partial charge is 0.389 e. The number of anilines is 1. The van der Waals surface area contributed by atoms with Crippen LogP contribution in [-0.4, -0.2) is 9.78 Å². The highest BCUT2D eigenvalue weighted by Gasteiger charge is 2.15. The van der Waals surface area contributed by atoms with E-state index < -0.39 is 0 Å². The molecule has 0 saturated carbocycles. The Kier molecular flexibility index (Phi) is 3.71. The van der Waals surface area contributed by atoms with Crippen molar-refractivity contribution in [3.63, 3.8) is 0 Å². The van der Waals surface area contributed by atoms with Gasteiger partial charge in [-0.2, -0.15) is 10.4 Å². The Morgan fingerprint density at radius 2 is 2.10 bits per heavy atom.